The number of hydrogen-bond donors (Lipinski definition) is 1. The summed E-state index contributed by atoms with van der Waals surface area (Å²) in [6.45, 7) is 5.88. The van der Waals surface area contributed by atoms with Crippen molar-refractivity contribution in [2.75, 3.05) is 19.6 Å². The van der Waals surface area contributed by atoms with Gasteiger partial charge >= 0.3 is 0 Å². The fraction of sp³-hybridized carbons (Fsp3) is 0.458. The van der Waals surface area contributed by atoms with Gasteiger partial charge in [0, 0.05) is 43.8 Å². The number of rotatable bonds is 3. The monoisotopic (exact) mass is 411 g/mol. The Morgan fingerprint density at radius 2 is 1.55 bits per heavy atom. The topological polar surface area (TPSA) is 79.2 Å². The van der Waals surface area contributed by atoms with Crippen LogP contribution in [-0.2, 0) is 0 Å². The maximum Gasteiger partial charge on any atom is 0.177 e. The summed E-state index contributed by atoms with van der Waals surface area (Å²) in [5, 5.41) is 4.80. The fourth-order valence-electron chi connectivity index (χ4n) is 7.12. The zero-order valence-corrected chi connectivity index (χ0v) is 17.5. The van der Waals surface area contributed by atoms with E-state index >= 15 is 0 Å². The van der Waals surface area contributed by atoms with Crippen molar-refractivity contribution in [1.82, 2.24) is 30.3 Å². The Labute approximate surface area is 181 Å². The molecule has 7 nitrogen and oxygen atoms in total. The molecule has 8 rings (SSSR count). The lowest BCUT2D eigenvalue weighted by atomic mass is 9.41. The van der Waals surface area contributed by atoms with Crippen molar-refractivity contribution in [3.8, 4) is 0 Å². The number of nitrogens with zero attached hydrogens (tertiary/aromatic N) is 6. The third-order valence-electron chi connectivity index (χ3n) is 8.29. The Morgan fingerprint density at radius 3 is 2.26 bits per heavy atom. The van der Waals surface area contributed by atoms with Gasteiger partial charge in [0.25, 0.3) is 0 Å². The minimum absolute atomic E-state index is 0.238. The molecule has 31 heavy (non-hydrogen) atoms. The van der Waals surface area contributed by atoms with Crippen molar-refractivity contribution in [3.05, 3.63) is 66.3 Å². The number of nitrogens with one attached hydrogen (secondary N) is 1. The lowest BCUT2D eigenvalue weighted by molar-refractivity contribution is -0.0113. The smallest absolute Gasteiger partial charge is 0.177 e. The molecule has 2 saturated carbocycles. The van der Waals surface area contributed by atoms with Crippen molar-refractivity contribution in [2.45, 2.75) is 6.92 Å². The molecule has 0 radical (unpaired) electrons. The van der Waals surface area contributed by atoms with E-state index in [1.807, 2.05) is 12.1 Å². The molecule has 3 fully saturated rings. The van der Waals surface area contributed by atoms with Gasteiger partial charge in [-0.05, 0) is 59.8 Å². The van der Waals surface area contributed by atoms with Gasteiger partial charge in [-0.1, -0.05) is 19.1 Å². The zero-order chi connectivity index (χ0) is 20.5. The highest BCUT2D eigenvalue weighted by Gasteiger charge is 2.65. The summed E-state index contributed by atoms with van der Waals surface area (Å²) < 4.78 is 0. The van der Waals surface area contributed by atoms with Crippen LogP contribution in [0.5, 0.6) is 0 Å². The second kappa shape index (κ2) is 6.53. The first-order valence-electron chi connectivity index (χ1n) is 11.4. The summed E-state index contributed by atoms with van der Waals surface area (Å²) in [5.74, 6) is 5.47. The average Bonchev–Trinajstić information content (AvgIpc) is 3.28. The Hall–Kier alpha value is -2.93. The third-order valence-corrected chi connectivity index (χ3v) is 8.29. The largest absolute Gasteiger partial charge is 0.303 e. The predicted molar refractivity (Wildman–Crippen MR) is 116 cm³/mol. The minimum atomic E-state index is 0.238. The molecule has 2 aliphatic heterocycles. The van der Waals surface area contributed by atoms with E-state index < -0.39 is 0 Å². The Balaban J connectivity index is 1.36. The van der Waals surface area contributed by atoms with E-state index in [2.05, 4.69) is 49.3 Å². The first kappa shape index (κ1) is 17.7. The van der Waals surface area contributed by atoms with Crippen LogP contribution in [0.1, 0.15) is 18.6 Å². The lowest BCUT2D eigenvalue weighted by Crippen LogP contribution is -2.61. The van der Waals surface area contributed by atoms with Crippen molar-refractivity contribution in [1.29, 1.82) is 0 Å². The predicted octanol–water partition coefficient (Wildman–Crippen LogP) is 2.23. The summed E-state index contributed by atoms with van der Waals surface area (Å²) in [6.07, 6.45) is 12.3. The molecule has 4 heterocycles. The first-order valence-corrected chi connectivity index (χ1v) is 11.4. The summed E-state index contributed by atoms with van der Waals surface area (Å²) in [7, 11) is 0. The zero-order valence-electron chi connectivity index (χ0n) is 17.5. The first-order chi connectivity index (χ1) is 15.3. The van der Waals surface area contributed by atoms with Crippen molar-refractivity contribution in [2.24, 2.45) is 46.5 Å². The van der Waals surface area contributed by atoms with Crippen LogP contribution in [0, 0.1) is 41.4 Å². The van der Waals surface area contributed by atoms with Crippen LogP contribution < -0.4 is 5.43 Å². The molecule has 156 valence electrons. The highest BCUT2D eigenvalue weighted by Crippen LogP contribution is 2.67. The lowest BCUT2D eigenvalue weighted by Gasteiger charge is -2.63. The number of hydrogen-bond acceptors (Lipinski definition) is 7. The van der Waals surface area contributed by atoms with E-state index in [1.165, 1.54) is 18.7 Å². The highest BCUT2D eigenvalue weighted by molar-refractivity contribution is 6.05. The summed E-state index contributed by atoms with van der Waals surface area (Å²) in [4.78, 5) is 20.8. The number of likely N-dealkylation sites (tertiary alicyclic amines) is 1. The Morgan fingerprint density at radius 1 is 0.903 bits per heavy atom. The number of aromatic nitrogens is 4. The number of allylic oxidation sites excluding steroid dienone is 3. The summed E-state index contributed by atoms with van der Waals surface area (Å²) >= 11 is 0. The van der Waals surface area contributed by atoms with E-state index in [4.69, 9.17) is 5.10 Å². The van der Waals surface area contributed by atoms with Gasteiger partial charge in [0.15, 0.2) is 11.6 Å². The van der Waals surface area contributed by atoms with Gasteiger partial charge in [0.2, 0.25) is 0 Å². The summed E-state index contributed by atoms with van der Waals surface area (Å²) in [5.41, 5.74) is 6.70. The van der Waals surface area contributed by atoms with Crippen LogP contribution in [0.2, 0.25) is 0 Å². The number of fused-ring (bicyclic) bond motifs is 1. The van der Waals surface area contributed by atoms with Crippen LogP contribution in [0.15, 0.2) is 59.7 Å². The molecule has 2 aromatic heterocycles. The SMILES string of the molecule is CCN1CC2C3C=CC(C2C1)C1C2C(c4ncccn4)=NNC(c4ncccn4)=C2C31. The molecule has 2 aromatic rings. The second-order valence-electron chi connectivity index (χ2n) is 9.38. The molecule has 7 unspecified atom stereocenters. The minimum Gasteiger partial charge on any atom is -0.303 e. The van der Waals surface area contributed by atoms with E-state index in [1.54, 1.807) is 24.8 Å². The van der Waals surface area contributed by atoms with E-state index in [0.717, 1.165) is 41.4 Å². The maximum atomic E-state index is 4.80. The average molecular weight is 412 g/mol. The molecule has 2 bridgehead atoms. The van der Waals surface area contributed by atoms with Crippen LogP contribution in [0.3, 0.4) is 0 Å². The molecule has 4 aliphatic carbocycles. The number of hydrazone groups is 1. The van der Waals surface area contributed by atoms with Gasteiger partial charge in [-0.2, -0.15) is 5.10 Å². The van der Waals surface area contributed by atoms with E-state index in [0.29, 0.717) is 23.7 Å². The van der Waals surface area contributed by atoms with Gasteiger partial charge in [-0.15, -0.1) is 0 Å². The van der Waals surface area contributed by atoms with E-state index in [9.17, 15) is 0 Å². The van der Waals surface area contributed by atoms with E-state index in [-0.39, 0.29) is 5.92 Å². The molecule has 0 amide bonds. The Kier molecular flexibility index (Phi) is 3.73. The fourth-order valence-corrected chi connectivity index (χ4v) is 7.12. The van der Waals surface area contributed by atoms with Crippen LogP contribution in [-0.4, -0.2) is 50.2 Å². The van der Waals surface area contributed by atoms with Gasteiger partial charge in [-0.25, -0.2) is 19.9 Å². The van der Waals surface area contributed by atoms with Crippen LogP contribution in [0.4, 0.5) is 0 Å². The molecule has 0 aromatic carbocycles. The molecule has 7 atom stereocenters. The highest BCUT2D eigenvalue weighted by atomic mass is 15.3. The molecule has 6 aliphatic rings. The summed E-state index contributed by atoms with van der Waals surface area (Å²) in [6, 6.07) is 3.72. The molecular weight excluding hydrogens is 386 g/mol. The van der Waals surface area contributed by atoms with Crippen molar-refractivity contribution < 1.29 is 0 Å². The molecule has 1 N–H and O–H groups in total. The van der Waals surface area contributed by atoms with Gasteiger partial charge in [-0.3, -0.25) is 5.43 Å². The molecule has 7 heteroatoms. The Bertz CT molecular complexity index is 1110. The molecule has 1 saturated heterocycles. The second-order valence-corrected chi connectivity index (χ2v) is 9.38. The van der Waals surface area contributed by atoms with Gasteiger partial charge in [0.1, 0.15) is 11.4 Å². The quantitative estimate of drug-likeness (QED) is 0.781. The van der Waals surface area contributed by atoms with Gasteiger partial charge in [0.05, 0.1) is 0 Å². The standard InChI is InChI=1S/C24H25N7/c1-2-31-11-15-13-5-6-14(16(15)12-31)18-17(13)19-20(18)22(24-27-9-4-10-28-24)30-29-21(19)23-25-7-3-8-26-23/h3-10,13-19,30H,2,11-12H2,1H3. The normalized spacial score (nSPS) is 37.5. The third kappa shape index (κ3) is 2.35. The van der Waals surface area contributed by atoms with Crippen molar-refractivity contribution >= 4 is 11.4 Å². The van der Waals surface area contributed by atoms with Crippen LogP contribution >= 0.6 is 0 Å². The van der Waals surface area contributed by atoms with Crippen molar-refractivity contribution in [3.63, 3.8) is 0 Å². The maximum absolute atomic E-state index is 4.80. The molecular formula is C24H25N7. The van der Waals surface area contributed by atoms with Crippen LogP contribution in [0.25, 0.3) is 5.70 Å². The molecule has 0 spiro atoms. The van der Waals surface area contributed by atoms with Gasteiger partial charge < -0.3 is 4.90 Å².